The number of nitrogens with one attached hydrogen (secondary N) is 1. The molecule has 15 heavy (non-hydrogen) atoms. The molecule has 0 aromatic carbocycles. The number of aryl methyl sites for hydroxylation is 1. The van der Waals surface area contributed by atoms with Gasteiger partial charge in [0.05, 0.1) is 11.8 Å². The van der Waals surface area contributed by atoms with Gasteiger partial charge in [-0.25, -0.2) is 0 Å². The number of Topliss-reactive ketones (excluding diaryl/α,β-unsaturated/α-hetero) is 1. The Bertz CT molecular complexity index is 356. The van der Waals surface area contributed by atoms with Gasteiger partial charge in [0.2, 0.25) is 0 Å². The molecule has 0 amide bonds. The number of carbonyl (C=O) groups excluding carboxylic acids is 1. The molecule has 0 aliphatic carbocycles. The lowest BCUT2D eigenvalue weighted by Crippen LogP contribution is -2.38. The Labute approximate surface area is 89.9 Å². The second-order valence-corrected chi connectivity index (χ2v) is 4.53. The monoisotopic (exact) mass is 207 g/mol. The van der Waals surface area contributed by atoms with Crippen LogP contribution in [-0.4, -0.2) is 18.9 Å². The van der Waals surface area contributed by atoms with Gasteiger partial charge >= 0.3 is 0 Å². The predicted molar refractivity (Wildman–Crippen MR) is 57.9 cm³/mol. The van der Waals surface area contributed by atoms with Crippen molar-refractivity contribution < 1.29 is 9.21 Å². The third-order valence-corrected chi connectivity index (χ3v) is 3.06. The van der Waals surface area contributed by atoms with Crippen molar-refractivity contribution in [2.24, 2.45) is 11.8 Å². The summed E-state index contributed by atoms with van der Waals surface area (Å²) in [6.07, 6.45) is 4.18. The largest absolute Gasteiger partial charge is 0.472 e. The van der Waals surface area contributed by atoms with Gasteiger partial charge in [0, 0.05) is 12.5 Å². The summed E-state index contributed by atoms with van der Waals surface area (Å²) in [5, 5.41) is 3.30. The second kappa shape index (κ2) is 4.19. The van der Waals surface area contributed by atoms with Crippen LogP contribution in [0.2, 0.25) is 0 Å². The molecule has 0 saturated carbocycles. The van der Waals surface area contributed by atoms with E-state index in [0.717, 1.165) is 30.6 Å². The van der Waals surface area contributed by atoms with Crippen LogP contribution in [0.4, 0.5) is 0 Å². The highest BCUT2D eigenvalue weighted by molar-refractivity contribution is 5.99. The molecule has 2 rings (SSSR count). The molecular weight excluding hydrogens is 190 g/mol. The van der Waals surface area contributed by atoms with Crippen LogP contribution in [0.15, 0.2) is 16.9 Å². The summed E-state index contributed by atoms with van der Waals surface area (Å²) >= 11 is 0. The van der Waals surface area contributed by atoms with Gasteiger partial charge in [0.15, 0.2) is 5.78 Å². The lowest BCUT2D eigenvalue weighted by Gasteiger charge is -2.26. The van der Waals surface area contributed by atoms with E-state index in [1.54, 1.807) is 12.5 Å². The van der Waals surface area contributed by atoms with E-state index in [9.17, 15) is 4.79 Å². The lowest BCUT2D eigenvalue weighted by molar-refractivity contribution is 0.0880. The molecule has 2 unspecified atom stereocenters. The molecular formula is C12H17NO2. The Balaban J connectivity index is 2.11. The number of hydrogen-bond donors (Lipinski definition) is 1. The molecule has 2 heterocycles. The normalized spacial score (nSPS) is 26.5. The summed E-state index contributed by atoms with van der Waals surface area (Å²) in [7, 11) is 0. The Morgan fingerprint density at radius 2 is 2.27 bits per heavy atom. The third kappa shape index (κ3) is 2.12. The molecule has 1 aliphatic heterocycles. The van der Waals surface area contributed by atoms with Gasteiger partial charge in [0.1, 0.15) is 6.26 Å². The van der Waals surface area contributed by atoms with Gasteiger partial charge in [-0.15, -0.1) is 0 Å². The molecule has 0 bridgehead atoms. The zero-order valence-electron chi connectivity index (χ0n) is 9.25. The van der Waals surface area contributed by atoms with Gasteiger partial charge in [-0.05, 0) is 31.4 Å². The van der Waals surface area contributed by atoms with Crippen molar-refractivity contribution >= 4 is 5.78 Å². The van der Waals surface area contributed by atoms with Gasteiger partial charge in [-0.3, -0.25) is 4.79 Å². The van der Waals surface area contributed by atoms with Crippen molar-refractivity contribution in [2.75, 3.05) is 13.1 Å². The molecule has 1 aliphatic rings. The minimum Gasteiger partial charge on any atom is -0.472 e. The van der Waals surface area contributed by atoms with E-state index in [1.165, 1.54) is 0 Å². The summed E-state index contributed by atoms with van der Waals surface area (Å²) in [5.74, 6) is 0.922. The average molecular weight is 207 g/mol. The molecule has 2 atom stereocenters. The van der Waals surface area contributed by atoms with Crippen molar-refractivity contribution in [1.29, 1.82) is 0 Å². The highest BCUT2D eigenvalue weighted by Crippen LogP contribution is 2.22. The first kappa shape index (κ1) is 10.4. The Kier molecular flexibility index (Phi) is 2.91. The number of piperidine rings is 1. The predicted octanol–water partition coefficient (Wildman–Crippen LogP) is 2.02. The molecule has 1 N–H and O–H groups in total. The maximum atomic E-state index is 12.1. The van der Waals surface area contributed by atoms with Gasteiger partial charge in [0.25, 0.3) is 0 Å². The molecule has 0 radical (unpaired) electrons. The van der Waals surface area contributed by atoms with Gasteiger partial charge < -0.3 is 9.73 Å². The van der Waals surface area contributed by atoms with E-state index in [-0.39, 0.29) is 11.7 Å². The van der Waals surface area contributed by atoms with Crippen LogP contribution in [0.5, 0.6) is 0 Å². The zero-order chi connectivity index (χ0) is 10.8. The third-order valence-electron chi connectivity index (χ3n) is 3.06. The van der Waals surface area contributed by atoms with E-state index in [2.05, 4.69) is 12.2 Å². The standard InChI is InChI=1S/C12H17NO2/c1-8-3-10(5-13-4-8)12(14)11-7-15-6-9(11)2/h6-8,10,13H,3-5H2,1-2H3. The van der Waals surface area contributed by atoms with Crippen molar-refractivity contribution in [3.63, 3.8) is 0 Å². The molecule has 1 aromatic heterocycles. The summed E-state index contributed by atoms with van der Waals surface area (Å²) < 4.78 is 5.04. The molecule has 1 saturated heterocycles. The molecule has 1 fully saturated rings. The van der Waals surface area contributed by atoms with Crippen molar-refractivity contribution in [3.8, 4) is 0 Å². The fourth-order valence-electron chi connectivity index (χ4n) is 2.19. The highest BCUT2D eigenvalue weighted by Gasteiger charge is 2.27. The van der Waals surface area contributed by atoms with Gasteiger partial charge in [-0.1, -0.05) is 6.92 Å². The molecule has 82 valence electrons. The van der Waals surface area contributed by atoms with Crippen molar-refractivity contribution in [2.45, 2.75) is 20.3 Å². The number of carbonyl (C=O) groups is 1. The molecule has 3 nitrogen and oxygen atoms in total. The maximum absolute atomic E-state index is 12.1. The summed E-state index contributed by atoms with van der Waals surface area (Å²) in [4.78, 5) is 12.1. The summed E-state index contributed by atoms with van der Waals surface area (Å²) in [6, 6.07) is 0. The fraction of sp³-hybridized carbons (Fsp3) is 0.583. The Hall–Kier alpha value is -1.09. The zero-order valence-corrected chi connectivity index (χ0v) is 9.25. The minimum absolute atomic E-state index is 0.116. The first-order valence-electron chi connectivity index (χ1n) is 5.46. The molecule has 3 heteroatoms. The lowest BCUT2D eigenvalue weighted by atomic mass is 9.86. The molecule has 0 spiro atoms. The van der Waals surface area contributed by atoms with E-state index in [4.69, 9.17) is 4.42 Å². The molecule has 1 aromatic rings. The van der Waals surface area contributed by atoms with E-state index in [1.807, 2.05) is 6.92 Å². The smallest absolute Gasteiger partial charge is 0.170 e. The number of rotatable bonds is 2. The first-order chi connectivity index (χ1) is 7.18. The Morgan fingerprint density at radius 1 is 1.47 bits per heavy atom. The quantitative estimate of drug-likeness (QED) is 0.754. The fourth-order valence-corrected chi connectivity index (χ4v) is 2.19. The van der Waals surface area contributed by atoms with Crippen LogP contribution in [0.1, 0.15) is 29.3 Å². The average Bonchev–Trinajstić information content (AvgIpc) is 2.63. The van der Waals surface area contributed by atoms with Crippen LogP contribution in [0.3, 0.4) is 0 Å². The minimum atomic E-state index is 0.116. The van der Waals surface area contributed by atoms with Crippen LogP contribution >= 0.6 is 0 Å². The summed E-state index contributed by atoms with van der Waals surface area (Å²) in [6.45, 7) is 5.91. The number of ketones is 1. The SMILES string of the molecule is Cc1cocc1C(=O)C1CNCC(C)C1. The number of furan rings is 1. The summed E-state index contributed by atoms with van der Waals surface area (Å²) in [5.41, 5.74) is 1.69. The van der Waals surface area contributed by atoms with Crippen molar-refractivity contribution in [3.05, 3.63) is 23.7 Å². The van der Waals surface area contributed by atoms with Crippen molar-refractivity contribution in [1.82, 2.24) is 5.32 Å². The van der Waals surface area contributed by atoms with E-state index >= 15 is 0 Å². The second-order valence-electron chi connectivity index (χ2n) is 4.53. The van der Waals surface area contributed by atoms with E-state index < -0.39 is 0 Å². The maximum Gasteiger partial charge on any atom is 0.170 e. The van der Waals surface area contributed by atoms with Crippen LogP contribution in [-0.2, 0) is 0 Å². The topological polar surface area (TPSA) is 42.2 Å². The Morgan fingerprint density at radius 3 is 2.87 bits per heavy atom. The van der Waals surface area contributed by atoms with Gasteiger partial charge in [-0.2, -0.15) is 0 Å². The van der Waals surface area contributed by atoms with Crippen LogP contribution < -0.4 is 5.32 Å². The number of hydrogen-bond acceptors (Lipinski definition) is 3. The van der Waals surface area contributed by atoms with E-state index in [0.29, 0.717) is 5.92 Å². The van der Waals surface area contributed by atoms with Crippen LogP contribution in [0.25, 0.3) is 0 Å². The van der Waals surface area contributed by atoms with Crippen LogP contribution in [0, 0.1) is 18.8 Å². The first-order valence-corrected chi connectivity index (χ1v) is 5.46. The highest BCUT2D eigenvalue weighted by atomic mass is 16.3.